The van der Waals surface area contributed by atoms with Gasteiger partial charge in [-0.1, -0.05) is 18.2 Å². The molecular formula is C26H18N4O2SZn. The maximum absolute atomic E-state index is 13.4. The Morgan fingerprint density at radius 1 is 0.588 bits per heavy atom. The third kappa shape index (κ3) is 4.18. The summed E-state index contributed by atoms with van der Waals surface area (Å²) >= 11 is 0. The standard InChI is InChI=1S/C26H18N4O2S.Zn/c31-33(32,24-4-2-1-3-5-24)26-16-23-14-21-9-8-19(28-21)12-17-6-7-18(27-17)13-20-10-11-22(29-20)15-25(26)30-23;/h1-16,28,30H;. The number of nitrogens with one attached hydrogen (secondary N) is 2. The number of benzene rings is 1. The Balaban J connectivity index is 0.00000241. The molecule has 0 unspecified atom stereocenters. The number of hydrogen-bond acceptors (Lipinski definition) is 4. The number of aromatic nitrogens is 4. The molecule has 6 nitrogen and oxygen atoms in total. The fraction of sp³-hybridized carbons (Fsp3) is 0. The van der Waals surface area contributed by atoms with Gasteiger partial charge in [-0.3, -0.25) is 0 Å². The van der Waals surface area contributed by atoms with Gasteiger partial charge in [0.1, 0.15) is 0 Å². The molecule has 34 heavy (non-hydrogen) atoms. The van der Waals surface area contributed by atoms with Crippen molar-refractivity contribution >= 4 is 56.2 Å². The van der Waals surface area contributed by atoms with Crippen molar-refractivity contribution in [3.63, 3.8) is 0 Å². The van der Waals surface area contributed by atoms with Gasteiger partial charge in [-0.15, -0.1) is 0 Å². The van der Waals surface area contributed by atoms with Gasteiger partial charge in [-0.2, -0.15) is 0 Å². The quantitative estimate of drug-likeness (QED) is 0.298. The molecule has 1 aromatic carbocycles. The summed E-state index contributed by atoms with van der Waals surface area (Å²) in [5.41, 5.74) is 5.97. The molecule has 0 atom stereocenters. The number of nitrogens with zero attached hydrogens (tertiary/aromatic N) is 2. The van der Waals surface area contributed by atoms with Gasteiger partial charge in [-0.25, -0.2) is 18.4 Å². The summed E-state index contributed by atoms with van der Waals surface area (Å²) in [7, 11) is -3.73. The number of hydrogen-bond donors (Lipinski definition) is 2. The number of rotatable bonds is 2. The zero-order chi connectivity index (χ0) is 22.4. The van der Waals surface area contributed by atoms with Crippen molar-refractivity contribution in [2.45, 2.75) is 9.79 Å². The normalized spacial score (nSPS) is 12.5. The molecule has 8 bridgehead atoms. The van der Waals surface area contributed by atoms with E-state index in [2.05, 4.69) is 19.9 Å². The largest absolute Gasteiger partial charge is 0.355 e. The van der Waals surface area contributed by atoms with E-state index < -0.39 is 9.84 Å². The number of aromatic amines is 2. The average molecular weight is 516 g/mol. The summed E-state index contributed by atoms with van der Waals surface area (Å²) in [5, 5.41) is 0. The van der Waals surface area contributed by atoms with Gasteiger partial charge in [0.25, 0.3) is 0 Å². The fourth-order valence-corrected chi connectivity index (χ4v) is 5.39. The minimum Gasteiger partial charge on any atom is -0.355 e. The molecule has 0 radical (unpaired) electrons. The van der Waals surface area contributed by atoms with E-state index in [0.29, 0.717) is 16.7 Å². The van der Waals surface area contributed by atoms with Crippen molar-refractivity contribution in [3.8, 4) is 0 Å². The van der Waals surface area contributed by atoms with Crippen molar-refractivity contribution in [1.82, 2.24) is 19.9 Å². The van der Waals surface area contributed by atoms with Crippen LogP contribution in [-0.2, 0) is 29.3 Å². The number of fused-ring (bicyclic) bond motifs is 8. The molecule has 4 aromatic rings. The van der Waals surface area contributed by atoms with Crippen molar-refractivity contribution in [3.05, 3.63) is 95.6 Å². The summed E-state index contributed by atoms with van der Waals surface area (Å²) in [5.74, 6) is 0. The van der Waals surface area contributed by atoms with E-state index in [-0.39, 0.29) is 29.3 Å². The van der Waals surface area contributed by atoms with Crippen molar-refractivity contribution in [1.29, 1.82) is 0 Å². The summed E-state index contributed by atoms with van der Waals surface area (Å²) in [6.07, 6.45) is 7.65. The Hall–Kier alpha value is -3.61. The van der Waals surface area contributed by atoms with E-state index in [9.17, 15) is 8.42 Å². The van der Waals surface area contributed by atoms with Crippen LogP contribution in [0.2, 0.25) is 0 Å². The van der Waals surface area contributed by atoms with Crippen LogP contribution in [0.25, 0.3) is 46.4 Å². The maximum atomic E-state index is 13.4. The molecule has 6 rings (SSSR count). The second-order valence-corrected chi connectivity index (χ2v) is 9.77. The molecule has 0 amide bonds. The van der Waals surface area contributed by atoms with Crippen LogP contribution >= 0.6 is 0 Å². The number of H-pyrrole nitrogens is 2. The molecule has 8 heteroatoms. The van der Waals surface area contributed by atoms with Crippen LogP contribution in [0.1, 0.15) is 22.8 Å². The van der Waals surface area contributed by atoms with Crippen LogP contribution in [0.5, 0.6) is 0 Å². The summed E-state index contributed by atoms with van der Waals surface area (Å²) in [6.45, 7) is 0. The molecule has 0 spiro atoms. The Bertz CT molecular complexity index is 1730. The monoisotopic (exact) mass is 514 g/mol. The van der Waals surface area contributed by atoms with Gasteiger partial charge in [-0.05, 0) is 78.9 Å². The molecular weight excluding hydrogens is 498 g/mol. The predicted molar refractivity (Wildman–Crippen MR) is 131 cm³/mol. The third-order valence-electron chi connectivity index (χ3n) is 5.47. The van der Waals surface area contributed by atoms with Gasteiger partial charge in [0.2, 0.25) is 9.84 Å². The zero-order valence-corrected chi connectivity index (χ0v) is 21.8. The van der Waals surface area contributed by atoms with Crippen LogP contribution in [0.3, 0.4) is 0 Å². The molecule has 162 valence electrons. The first kappa shape index (κ1) is 22.2. The smallest absolute Gasteiger partial charge is 0.208 e. The molecule has 0 saturated carbocycles. The zero-order valence-electron chi connectivity index (χ0n) is 18.1. The Morgan fingerprint density at radius 3 is 1.85 bits per heavy atom. The Labute approximate surface area is 208 Å². The van der Waals surface area contributed by atoms with Crippen molar-refractivity contribution < 1.29 is 27.9 Å². The average Bonchev–Trinajstić information content (AvgIpc) is 3.59. The number of sulfone groups is 1. The van der Waals surface area contributed by atoms with Crippen LogP contribution < -0.4 is 0 Å². The van der Waals surface area contributed by atoms with E-state index in [1.807, 2.05) is 54.6 Å². The van der Waals surface area contributed by atoms with E-state index in [0.717, 1.165) is 28.1 Å². The second kappa shape index (κ2) is 8.63. The topological polar surface area (TPSA) is 91.5 Å². The first-order valence-electron chi connectivity index (χ1n) is 10.4. The molecule has 0 fully saturated rings. The molecule has 2 N–H and O–H groups in total. The van der Waals surface area contributed by atoms with Crippen LogP contribution in [0.15, 0.2) is 82.6 Å². The fourth-order valence-electron chi connectivity index (χ4n) is 3.94. The Kier molecular flexibility index (Phi) is 5.64. The van der Waals surface area contributed by atoms with Gasteiger partial charge in [0, 0.05) is 36.0 Å². The van der Waals surface area contributed by atoms with Gasteiger partial charge < -0.3 is 9.97 Å². The van der Waals surface area contributed by atoms with Gasteiger partial charge in [0.15, 0.2) is 0 Å². The van der Waals surface area contributed by atoms with E-state index in [4.69, 9.17) is 0 Å². The SMILES string of the molecule is O=S(=O)(c1ccccc1)c1cc2cc3ccc(cc4nc(cc5nc(cc1[nH]2)C=C5)C=C4)[nH]3.[Zn]. The Morgan fingerprint density at radius 2 is 1.18 bits per heavy atom. The van der Waals surface area contributed by atoms with E-state index >= 15 is 0 Å². The van der Waals surface area contributed by atoms with Crippen LogP contribution in [-0.4, -0.2) is 28.4 Å². The van der Waals surface area contributed by atoms with E-state index in [1.165, 1.54) is 0 Å². The minimum atomic E-state index is -3.73. The predicted octanol–water partition coefficient (Wildman–Crippen LogP) is 5.49. The molecule has 0 saturated heterocycles. The summed E-state index contributed by atoms with van der Waals surface area (Å²) in [6, 6.07) is 21.5. The minimum absolute atomic E-state index is 0. The van der Waals surface area contributed by atoms with Crippen molar-refractivity contribution in [2.75, 3.05) is 0 Å². The maximum Gasteiger partial charge on any atom is 0.208 e. The second-order valence-electron chi connectivity index (χ2n) is 7.86. The van der Waals surface area contributed by atoms with Crippen molar-refractivity contribution in [2.24, 2.45) is 0 Å². The first-order chi connectivity index (χ1) is 16.0. The van der Waals surface area contributed by atoms with Crippen LogP contribution in [0, 0.1) is 0 Å². The molecule has 3 aromatic heterocycles. The van der Waals surface area contributed by atoms with Crippen LogP contribution in [0.4, 0.5) is 0 Å². The summed E-state index contributed by atoms with van der Waals surface area (Å²) < 4.78 is 26.9. The molecule has 2 aliphatic heterocycles. The molecule has 2 aliphatic rings. The van der Waals surface area contributed by atoms with Gasteiger partial charge in [0.05, 0.1) is 38.1 Å². The molecule has 0 aliphatic carbocycles. The molecule has 5 heterocycles. The van der Waals surface area contributed by atoms with Gasteiger partial charge >= 0.3 is 0 Å². The third-order valence-corrected chi connectivity index (χ3v) is 7.28. The first-order valence-corrected chi connectivity index (χ1v) is 11.9. The van der Waals surface area contributed by atoms with E-state index in [1.54, 1.807) is 42.5 Å². The summed E-state index contributed by atoms with van der Waals surface area (Å²) in [4.78, 5) is 16.3.